The zero-order valence-electron chi connectivity index (χ0n) is 11.3. The lowest BCUT2D eigenvalue weighted by atomic mass is 9.93. The van der Waals surface area contributed by atoms with Crippen LogP contribution in [0.4, 0.5) is 0 Å². The Bertz CT molecular complexity index is 482. The summed E-state index contributed by atoms with van der Waals surface area (Å²) < 4.78 is 5.16. The summed E-state index contributed by atoms with van der Waals surface area (Å²) in [6, 6.07) is 12.3. The van der Waals surface area contributed by atoms with Crippen LogP contribution in [0.15, 0.2) is 48.8 Å². The van der Waals surface area contributed by atoms with Gasteiger partial charge in [-0.3, -0.25) is 4.98 Å². The molecule has 0 aliphatic rings. The average Bonchev–Trinajstić information content (AvgIpc) is 2.49. The van der Waals surface area contributed by atoms with Crippen molar-refractivity contribution in [2.24, 2.45) is 5.73 Å². The number of aryl methyl sites for hydroxylation is 1. The van der Waals surface area contributed by atoms with Crippen LogP contribution in [0, 0.1) is 0 Å². The van der Waals surface area contributed by atoms with Gasteiger partial charge in [0.25, 0.3) is 0 Å². The molecule has 100 valence electrons. The molecule has 1 atom stereocenters. The van der Waals surface area contributed by atoms with Crippen LogP contribution < -0.4 is 10.5 Å². The lowest BCUT2D eigenvalue weighted by Gasteiger charge is -2.14. The van der Waals surface area contributed by atoms with Gasteiger partial charge >= 0.3 is 0 Å². The van der Waals surface area contributed by atoms with Crippen molar-refractivity contribution in [3.63, 3.8) is 0 Å². The number of rotatable bonds is 6. The van der Waals surface area contributed by atoms with Crippen molar-refractivity contribution >= 4 is 0 Å². The third-order valence-electron chi connectivity index (χ3n) is 3.38. The Hall–Kier alpha value is -1.87. The Kier molecular flexibility index (Phi) is 4.93. The molecule has 1 aromatic heterocycles. The van der Waals surface area contributed by atoms with E-state index < -0.39 is 0 Å². The van der Waals surface area contributed by atoms with Gasteiger partial charge < -0.3 is 10.5 Å². The van der Waals surface area contributed by atoms with Crippen LogP contribution in [-0.4, -0.2) is 18.6 Å². The minimum atomic E-state index is 0.371. The molecule has 0 aliphatic heterocycles. The average molecular weight is 256 g/mol. The summed E-state index contributed by atoms with van der Waals surface area (Å²) in [5, 5.41) is 0. The van der Waals surface area contributed by atoms with Gasteiger partial charge in [0.1, 0.15) is 5.75 Å². The molecule has 0 bridgehead atoms. The Labute approximate surface area is 114 Å². The molecule has 2 aromatic rings. The van der Waals surface area contributed by atoms with E-state index in [1.165, 1.54) is 11.1 Å². The molecule has 2 rings (SSSR count). The number of hydrogen-bond donors (Lipinski definition) is 1. The normalized spacial score (nSPS) is 12.1. The maximum Gasteiger partial charge on any atom is 0.118 e. The Morgan fingerprint density at radius 3 is 2.58 bits per heavy atom. The van der Waals surface area contributed by atoms with Crippen molar-refractivity contribution in [1.29, 1.82) is 0 Å². The predicted octanol–water partition coefficient (Wildman–Crippen LogP) is 2.77. The van der Waals surface area contributed by atoms with E-state index in [4.69, 9.17) is 10.5 Å². The van der Waals surface area contributed by atoms with Crippen molar-refractivity contribution in [3.05, 3.63) is 59.9 Å². The van der Waals surface area contributed by atoms with Crippen LogP contribution in [0.1, 0.15) is 23.5 Å². The molecule has 1 aromatic carbocycles. The van der Waals surface area contributed by atoms with Crippen LogP contribution in [0.3, 0.4) is 0 Å². The van der Waals surface area contributed by atoms with Crippen molar-refractivity contribution in [1.82, 2.24) is 4.98 Å². The number of ether oxygens (including phenoxy) is 1. The standard InChI is InChI=1S/C16H20N2O/c1-19-16-8-5-13(6-9-16)4-7-14(11-17)15-3-2-10-18-12-15/h2-3,5-6,8-10,12,14H,4,7,11,17H2,1H3. The first kappa shape index (κ1) is 13.6. The summed E-state index contributed by atoms with van der Waals surface area (Å²) in [6.07, 6.45) is 5.75. The molecule has 3 nitrogen and oxygen atoms in total. The number of methoxy groups -OCH3 is 1. The van der Waals surface area contributed by atoms with E-state index in [9.17, 15) is 0 Å². The van der Waals surface area contributed by atoms with Gasteiger partial charge in [0, 0.05) is 12.4 Å². The van der Waals surface area contributed by atoms with Crippen LogP contribution in [0.25, 0.3) is 0 Å². The molecule has 1 heterocycles. The van der Waals surface area contributed by atoms with E-state index in [1.807, 2.05) is 24.4 Å². The number of aromatic nitrogens is 1. The van der Waals surface area contributed by atoms with Crippen LogP contribution in [0.5, 0.6) is 5.75 Å². The maximum atomic E-state index is 5.87. The molecule has 0 radical (unpaired) electrons. The summed E-state index contributed by atoms with van der Waals surface area (Å²) in [4.78, 5) is 4.16. The van der Waals surface area contributed by atoms with E-state index in [-0.39, 0.29) is 0 Å². The summed E-state index contributed by atoms with van der Waals surface area (Å²) >= 11 is 0. The second kappa shape index (κ2) is 6.90. The summed E-state index contributed by atoms with van der Waals surface area (Å²) in [6.45, 7) is 0.655. The fraction of sp³-hybridized carbons (Fsp3) is 0.312. The minimum Gasteiger partial charge on any atom is -0.497 e. The van der Waals surface area contributed by atoms with Gasteiger partial charge in [-0.2, -0.15) is 0 Å². The van der Waals surface area contributed by atoms with E-state index in [0.717, 1.165) is 18.6 Å². The highest BCUT2D eigenvalue weighted by atomic mass is 16.5. The third-order valence-corrected chi connectivity index (χ3v) is 3.38. The van der Waals surface area contributed by atoms with E-state index in [2.05, 4.69) is 23.2 Å². The lowest BCUT2D eigenvalue weighted by molar-refractivity contribution is 0.414. The van der Waals surface area contributed by atoms with E-state index >= 15 is 0 Å². The molecule has 3 heteroatoms. The molecule has 0 fully saturated rings. The summed E-state index contributed by atoms with van der Waals surface area (Å²) in [5.41, 5.74) is 8.40. The first-order valence-corrected chi connectivity index (χ1v) is 6.56. The molecule has 2 N–H and O–H groups in total. The van der Waals surface area contributed by atoms with Gasteiger partial charge in [0.15, 0.2) is 0 Å². The second-order valence-corrected chi connectivity index (χ2v) is 4.61. The van der Waals surface area contributed by atoms with Crippen LogP contribution >= 0.6 is 0 Å². The quantitative estimate of drug-likeness (QED) is 0.864. The summed E-state index contributed by atoms with van der Waals surface area (Å²) in [5.74, 6) is 1.27. The molecule has 0 amide bonds. The number of pyridine rings is 1. The van der Waals surface area contributed by atoms with Crippen LogP contribution in [0.2, 0.25) is 0 Å². The zero-order chi connectivity index (χ0) is 13.5. The fourth-order valence-electron chi connectivity index (χ4n) is 2.17. The molecule has 19 heavy (non-hydrogen) atoms. The smallest absolute Gasteiger partial charge is 0.118 e. The number of nitrogens with zero attached hydrogens (tertiary/aromatic N) is 1. The molecular weight excluding hydrogens is 236 g/mol. The van der Waals surface area contributed by atoms with Crippen molar-refractivity contribution in [3.8, 4) is 5.75 Å². The minimum absolute atomic E-state index is 0.371. The van der Waals surface area contributed by atoms with E-state index in [1.54, 1.807) is 13.3 Å². The Morgan fingerprint density at radius 2 is 2.00 bits per heavy atom. The monoisotopic (exact) mass is 256 g/mol. The number of hydrogen-bond acceptors (Lipinski definition) is 3. The Balaban J connectivity index is 1.96. The molecule has 1 unspecified atom stereocenters. The molecular formula is C16H20N2O. The van der Waals surface area contributed by atoms with Crippen LogP contribution in [-0.2, 0) is 6.42 Å². The highest BCUT2D eigenvalue weighted by Crippen LogP contribution is 2.21. The zero-order valence-corrected chi connectivity index (χ0v) is 11.3. The first-order valence-electron chi connectivity index (χ1n) is 6.56. The Morgan fingerprint density at radius 1 is 1.21 bits per heavy atom. The number of benzene rings is 1. The predicted molar refractivity (Wildman–Crippen MR) is 77.3 cm³/mol. The van der Waals surface area contributed by atoms with Gasteiger partial charge in [-0.05, 0) is 54.6 Å². The van der Waals surface area contributed by atoms with Gasteiger partial charge in [-0.15, -0.1) is 0 Å². The molecule has 0 spiro atoms. The fourth-order valence-corrected chi connectivity index (χ4v) is 2.17. The third kappa shape index (κ3) is 3.80. The summed E-state index contributed by atoms with van der Waals surface area (Å²) in [7, 11) is 1.68. The first-order chi connectivity index (χ1) is 9.33. The molecule has 0 saturated heterocycles. The maximum absolute atomic E-state index is 5.87. The molecule has 0 aliphatic carbocycles. The largest absolute Gasteiger partial charge is 0.497 e. The second-order valence-electron chi connectivity index (χ2n) is 4.61. The van der Waals surface area contributed by atoms with Gasteiger partial charge in [-0.1, -0.05) is 18.2 Å². The lowest BCUT2D eigenvalue weighted by Crippen LogP contribution is -2.13. The molecule has 0 saturated carbocycles. The highest BCUT2D eigenvalue weighted by molar-refractivity contribution is 5.27. The van der Waals surface area contributed by atoms with Gasteiger partial charge in [-0.25, -0.2) is 0 Å². The van der Waals surface area contributed by atoms with Crippen molar-refractivity contribution < 1.29 is 4.74 Å². The van der Waals surface area contributed by atoms with Gasteiger partial charge in [0.2, 0.25) is 0 Å². The van der Waals surface area contributed by atoms with Crippen molar-refractivity contribution in [2.45, 2.75) is 18.8 Å². The highest BCUT2D eigenvalue weighted by Gasteiger charge is 2.09. The van der Waals surface area contributed by atoms with Crippen molar-refractivity contribution in [2.75, 3.05) is 13.7 Å². The SMILES string of the molecule is COc1ccc(CCC(CN)c2cccnc2)cc1. The van der Waals surface area contributed by atoms with Gasteiger partial charge in [0.05, 0.1) is 7.11 Å². The number of nitrogens with two attached hydrogens (primary N) is 1. The topological polar surface area (TPSA) is 48.1 Å². The van der Waals surface area contributed by atoms with E-state index in [0.29, 0.717) is 12.5 Å².